The molecule has 1 N–H and O–H groups in total. The predicted octanol–water partition coefficient (Wildman–Crippen LogP) is 3.50. The zero-order valence-electron chi connectivity index (χ0n) is 14.2. The van der Waals surface area contributed by atoms with Crippen molar-refractivity contribution in [3.8, 4) is 0 Å². The molecule has 0 aliphatic carbocycles. The maximum atomic E-state index is 12.0. The lowest BCUT2D eigenvalue weighted by molar-refractivity contribution is 0.0188. The smallest absolute Gasteiger partial charge is 0.410 e. The van der Waals surface area contributed by atoms with Crippen LogP contribution >= 0.6 is 11.6 Å². The van der Waals surface area contributed by atoms with Crippen molar-refractivity contribution in [1.29, 1.82) is 0 Å². The van der Waals surface area contributed by atoms with Crippen molar-refractivity contribution in [3.63, 3.8) is 0 Å². The van der Waals surface area contributed by atoms with E-state index in [4.69, 9.17) is 16.3 Å². The molecule has 1 fully saturated rings. The van der Waals surface area contributed by atoms with E-state index < -0.39 is 5.60 Å². The molecule has 1 amide bonds. The number of hydrogen-bond donors (Lipinski definition) is 1. The number of halogens is 1. The highest BCUT2D eigenvalue weighted by atomic mass is 35.5. The molecule has 1 saturated heterocycles. The summed E-state index contributed by atoms with van der Waals surface area (Å²) < 4.78 is 5.40. The van der Waals surface area contributed by atoms with E-state index in [9.17, 15) is 4.79 Å². The van der Waals surface area contributed by atoms with Gasteiger partial charge in [0.25, 0.3) is 0 Å². The van der Waals surface area contributed by atoms with Gasteiger partial charge in [-0.3, -0.25) is 0 Å². The van der Waals surface area contributed by atoms with E-state index >= 15 is 0 Å². The number of amides is 1. The van der Waals surface area contributed by atoms with Gasteiger partial charge in [0.2, 0.25) is 5.95 Å². The summed E-state index contributed by atoms with van der Waals surface area (Å²) in [6.45, 7) is 9.75. The number of aryl methyl sites for hydroxylation is 1. The Kier molecular flexibility index (Phi) is 5.68. The van der Waals surface area contributed by atoms with E-state index in [1.807, 2.05) is 27.7 Å². The van der Waals surface area contributed by atoms with Gasteiger partial charge in [0, 0.05) is 25.3 Å². The molecule has 1 aromatic rings. The fourth-order valence-electron chi connectivity index (χ4n) is 2.49. The summed E-state index contributed by atoms with van der Waals surface area (Å²) in [5.41, 5.74) is 0.393. The van der Waals surface area contributed by atoms with Crippen molar-refractivity contribution >= 4 is 23.6 Å². The van der Waals surface area contributed by atoms with E-state index in [-0.39, 0.29) is 6.09 Å². The second-order valence-electron chi connectivity index (χ2n) is 6.95. The first-order chi connectivity index (χ1) is 10.7. The lowest BCUT2D eigenvalue weighted by Gasteiger charge is -2.33. The first kappa shape index (κ1) is 17.8. The Balaban J connectivity index is 1.77. The zero-order chi connectivity index (χ0) is 17.0. The standard InChI is InChI=1S/C16H25ClN4O2/c1-11-9-13(17)20-14(19-11)18-10-12-5-7-21(8-6-12)15(22)23-16(2,3)4/h9,12H,5-8,10H2,1-4H3,(H,18,19,20). The van der Waals surface area contributed by atoms with E-state index in [1.54, 1.807) is 11.0 Å². The lowest BCUT2D eigenvalue weighted by Crippen LogP contribution is -2.42. The largest absolute Gasteiger partial charge is 0.444 e. The molecule has 1 aliphatic rings. The fourth-order valence-corrected chi connectivity index (χ4v) is 2.73. The molecule has 1 aliphatic heterocycles. The van der Waals surface area contributed by atoms with Gasteiger partial charge in [0.15, 0.2) is 0 Å². The van der Waals surface area contributed by atoms with Crippen molar-refractivity contribution in [2.45, 2.75) is 46.1 Å². The highest BCUT2D eigenvalue weighted by molar-refractivity contribution is 6.29. The SMILES string of the molecule is Cc1cc(Cl)nc(NCC2CCN(C(=O)OC(C)(C)C)CC2)n1. The van der Waals surface area contributed by atoms with Crippen LogP contribution in [0.15, 0.2) is 6.07 Å². The third-order valence-electron chi connectivity index (χ3n) is 3.64. The quantitative estimate of drug-likeness (QED) is 0.853. The normalized spacial score (nSPS) is 16.3. The van der Waals surface area contributed by atoms with E-state index in [2.05, 4.69) is 15.3 Å². The maximum Gasteiger partial charge on any atom is 0.410 e. The van der Waals surface area contributed by atoms with Crippen molar-refractivity contribution in [2.24, 2.45) is 5.92 Å². The first-order valence-corrected chi connectivity index (χ1v) is 8.34. The number of rotatable bonds is 3. The molecule has 0 bridgehead atoms. The minimum absolute atomic E-state index is 0.224. The number of carbonyl (C=O) groups excluding carboxylic acids is 1. The van der Waals surface area contributed by atoms with Crippen LogP contribution in [0.4, 0.5) is 10.7 Å². The summed E-state index contributed by atoms with van der Waals surface area (Å²) in [7, 11) is 0. The maximum absolute atomic E-state index is 12.0. The molecule has 6 nitrogen and oxygen atoms in total. The zero-order valence-corrected chi connectivity index (χ0v) is 15.0. The van der Waals surface area contributed by atoms with Crippen LogP contribution < -0.4 is 5.32 Å². The molecule has 7 heteroatoms. The summed E-state index contributed by atoms with van der Waals surface area (Å²) in [5, 5.41) is 3.68. The van der Waals surface area contributed by atoms with Gasteiger partial charge in [-0.1, -0.05) is 11.6 Å². The Morgan fingerprint density at radius 2 is 2.04 bits per heavy atom. The predicted molar refractivity (Wildman–Crippen MR) is 90.8 cm³/mol. The number of ether oxygens (including phenoxy) is 1. The molecule has 1 aromatic heterocycles. The fraction of sp³-hybridized carbons (Fsp3) is 0.688. The summed E-state index contributed by atoms with van der Waals surface area (Å²) in [6, 6.07) is 1.73. The number of aromatic nitrogens is 2. The van der Waals surface area contributed by atoms with Gasteiger partial charge < -0.3 is 15.0 Å². The van der Waals surface area contributed by atoms with Crippen LogP contribution in [-0.4, -0.2) is 46.2 Å². The molecule has 0 atom stereocenters. The molecule has 0 unspecified atom stereocenters. The Labute approximate surface area is 142 Å². The van der Waals surface area contributed by atoms with Crippen molar-refractivity contribution in [1.82, 2.24) is 14.9 Å². The highest BCUT2D eigenvalue weighted by Crippen LogP contribution is 2.20. The Hall–Kier alpha value is -1.56. The monoisotopic (exact) mass is 340 g/mol. The van der Waals surface area contributed by atoms with Gasteiger partial charge in [0.05, 0.1) is 0 Å². The minimum atomic E-state index is -0.447. The lowest BCUT2D eigenvalue weighted by atomic mass is 9.97. The minimum Gasteiger partial charge on any atom is -0.444 e. The van der Waals surface area contributed by atoms with Crippen molar-refractivity contribution in [2.75, 3.05) is 25.0 Å². The van der Waals surface area contributed by atoms with Gasteiger partial charge in [-0.05, 0) is 52.5 Å². The second-order valence-corrected chi connectivity index (χ2v) is 7.33. The average Bonchev–Trinajstić information content (AvgIpc) is 2.43. The molecular formula is C16H25ClN4O2. The number of nitrogens with zero attached hydrogens (tertiary/aromatic N) is 3. The number of piperidine rings is 1. The van der Waals surface area contributed by atoms with E-state index in [1.165, 1.54) is 0 Å². The van der Waals surface area contributed by atoms with Crippen LogP contribution in [0, 0.1) is 12.8 Å². The molecule has 128 valence electrons. The van der Waals surface area contributed by atoms with Crippen LogP contribution in [-0.2, 0) is 4.74 Å². The second kappa shape index (κ2) is 7.34. The third kappa shape index (κ3) is 5.86. The van der Waals surface area contributed by atoms with Gasteiger partial charge >= 0.3 is 6.09 Å². The number of nitrogens with one attached hydrogen (secondary N) is 1. The van der Waals surface area contributed by atoms with Crippen LogP contribution in [0.5, 0.6) is 0 Å². The van der Waals surface area contributed by atoms with Crippen LogP contribution in [0.2, 0.25) is 5.15 Å². The van der Waals surface area contributed by atoms with Gasteiger partial charge in [0.1, 0.15) is 10.8 Å². The topological polar surface area (TPSA) is 67.4 Å². The number of anilines is 1. The molecule has 0 spiro atoms. The van der Waals surface area contributed by atoms with Crippen LogP contribution in [0.25, 0.3) is 0 Å². The summed E-state index contributed by atoms with van der Waals surface area (Å²) in [6.07, 6.45) is 1.65. The Morgan fingerprint density at radius 1 is 1.39 bits per heavy atom. The van der Waals surface area contributed by atoms with Gasteiger partial charge in [-0.25, -0.2) is 14.8 Å². The van der Waals surface area contributed by atoms with E-state index in [0.717, 1.165) is 38.2 Å². The number of hydrogen-bond acceptors (Lipinski definition) is 5. The molecular weight excluding hydrogens is 316 g/mol. The summed E-state index contributed by atoms with van der Waals surface area (Å²) in [5.74, 6) is 1.04. The third-order valence-corrected chi connectivity index (χ3v) is 3.83. The van der Waals surface area contributed by atoms with E-state index in [0.29, 0.717) is 17.0 Å². The van der Waals surface area contributed by atoms with Gasteiger partial charge in [-0.2, -0.15) is 0 Å². The Bertz CT molecular complexity index is 531. The van der Waals surface area contributed by atoms with Crippen LogP contribution in [0.3, 0.4) is 0 Å². The molecule has 2 rings (SSSR count). The molecule has 0 radical (unpaired) electrons. The molecule has 23 heavy (non-hydrogen) atoms. The number of carbonyl (C=O) groups is 1. The first-order valence-electron chi connectivity index (χ1n) is 7.96. The molecule has 2 heterocycles. The highest BCUT2D eigenvalue weighted by Gasteiger charge is 2.26. The van der Waals surface area contributed by atoms with Crippen molar-refractivity contribution < 1.29 is 9.53 Å². The van der Waals surface area contributed by atoms with Crippen molar-refractivity contribution in [3.05, 3.63) is 16.9 Å². The summed E-state index contributed by atoms with van der Waals surface area (Å²) >= 11 is 5.93. The Morgan fingerprint density at radius 3 is 2.61 bits per heavy atom. The number of likely N-dealkylation sites (tertiary alicyclic amines) is 1. The molecule has 0 aromatic carbocycles. The van der Waals surface area contributed by atoms with Crippen LogP contribution in [0.1, 0.15) is 39.3 Å². The van der Waals surface area contributed by atoms with Gasteiger partial charge in [-0.15, -0.1) is 0 Å². The average molecular weight is 341 g/mol. The molecule has 0 saturated carbocycles. The summed E-state index contributed by atoms with van der Waals surface area (Å²) in [4.78, 5) is 22.3.